The molecule has 1 atom stereocenters. The van der Waals surface area contributed by atoms with Crippen molar-refractivity contribution in [2.45, 2.75) is 5.41 Å². The van der Waals surface area contributed by atoms with E-state index >= 15 is 4.39 Å². The maximum absolute atomic E-state index is 15.5. The molecule has 0 N–H and O–H groups in total. The molecule has 0 saturated carbocycles. The van der Waals surface area contributed by atoms with Gasteiger partial charge in [0.15, 0.2) is 0 Å². The van der Waals surface area contributed by atoms with Crippen LogP contribution in [0.1, 0.15) is 32.6 Å². The number of rotatable bonds is 1. The predicted molar refractivity (Wildman–Crippen MR) is 168 cm³/mol. The maximum atomic E-state index is 15.5. The summed E-state index contributed by atoms with van der Waals surface area (Å²) >= 11 is -0.780. The van der Waals surface area contributed by atoms with Gasteiger partial charge < -0.3 is 0 Å². The Morgan fingerprint density at radius 3 is 2.05 bits per heavy atom. The van der Waals surface area contributed by atoms with E-state index in [1.807, 2.05) is 59.5 Å². The van der Waals surface area contributed by atoms with Crippen LogP contribution in [0.5, 0.6) is 0 Å². The molecule has 2 aliphatic heterocycles. The average molecular weight is 674 g/mol. The Hall–Kier alpha value is -4.43. The van der Waals surface area contributed by atoms with E-state index in [0.29, 0.717) is 0 Å². The Morgan fingerprint density at radius 1 is 0.674 bits per heavy atom. The van der Waals surface area contributed by atoms with Crippen LogP contribution in [0.15, 0.2) is 133 Å². The Labute approximate surface area is 257 Å². The number of para-hydroxylation sites is 2. The Kier molecular flexibility index (Phi) is 5.27. The minimum atomic E-state index is -0.780. The first-order chi connectivity index (χ1) is 21.1. The van der Waals surface area contributed by atoms with Gasteiger partial charge in [-0.3, -0.25) is 0 Å². The molecule has 2 aliphatic carbocycles. The molecule has 1 radical (unpaired) electrons. The molecule has 205 valence electrons. The molecule has 1 unspecified atom stereocenters. The van der Waals surface area contributed by atoms with Gasteiger partial charge in [0.2, 0.25) is 0 Å². The number of carbonyl (C=O) groups excluding carboxylic acids is 1. The first-order valence-electron chi connectivity index (χ1n) is 14.2. The predicted octanol–water partition coefficient (Wildman–Crippen LogP) is 7.43. The van der Waals surface area contributed by atoms with Gasteiger partial charge in [0.1, 0.15) is 0 Å². The monoisotopic (exact) mass is 676 g/mol. The van der Waals surface area contributed by atoms with Gasteiger partial charge >= 0.3 is 258 Å². The molecule has 0 fully saturated rings. The SMILES string of the molecule is O=C1c2ccccc2[Te]=C2C=C3C(=CC12)c1ccccc1C31c2ccccc2N(c2cc(F)ccc2F)c2ccccc21. The normalized spacial score (nSPS) is 18.4. The van der Waals surface area contributed by atoms with E-state index in [2.05, 4.69) is 54.6 Å². The summed E-state index contributed by atoms with van der Waals surface area (Å²) in [6.07, 6.45) is 4.52. The Bertz CT molecular complexity index is 2110. The summed E-state index contributed by atoms with van der Waals surface area (Å²) in [5.41, 5.74) is 8.42. The zero-order valence-corrected chi connectivity index (χ0v) is 25.1. The number of hydrogen-bond donors (Lipinski definition) is 0. The number of ketones is 1. The standard InChI is InChI=1S/C38H22F2NOTe/c39-22-17-18-31(40)34(19-22)41-32-14-6-4-12-28(32)38(29-13-5-7-15-33(29)41)27-11-3-1-9-23(27)25-20-26-36(21-30(25)38)43-35-16-8-2-10-24(35)37(26)42/h1-21,26H. The minimum absolute atomic E-state index is 0.167. The van der Waals surface area contributed by atoms with E-state index in [1.54, 1.807) is 0 Å². The summed E-state index contributed by atoms with van der Waals surface area (Å²) in [4.78, 5) is 15.7. The van der Waals surface area contributed by atoms with E-state index in [1.165, 1.54) is 19.3 Å². The third-order valence-corrected chi connectivity index (χ3v) is 12.5. The average Bonchev–Trinajstić information content (AvgIpc) is 3.32. The second-order valence-electron chi connectivity index (χ2n) is 11.2. The molecule has 2 heterocycles. The molecule has 9 rings (SSSR count). The van der Waals surface area contributed by atoms with Crippen molar-refractivity contribution in [2.24, 2.45) is 5.92 Å². The van der Waals surface area contributed by atoms with Crippen molar-refractivity contribution < 1.29 is 13.6 Å². The van der Waals surface area contributed by atoms with Gasteiger partial charge in [0.05, 0.1) is 0 Å². The fourth-order valence-corrected chi connectivity index (χ4v) is 10.8. The van der Waals surface area contributed by atoms with Crippen LogP contribution < -0.4 is 8.51 Å². The van der Waals surface area contributed by atoms with Crippen LogP contribution in [0.25, 0.3) is 5.57 Å². The fourth-order valence-electron chi connectivity index (χ4n) is 7.48. The van der Waals surface area contributed by atoms with Crippen LogP contribution >= 0.6 is 0 Å². The molecular weight excluding hydrogens is 652 g/mol. The molecule has 1 spiro atoms. The molecule has 0 saturated heterocycles. The number of hydrogen-bond acceptors (Lipinski definition) is 2. The number of nitrogens with zero attached hydrogens (tertiary/aromatic N) is 1. The summed E-state index contributed by atoms with van der Waals surface area (Å²) in [5, 5.41) is 0. The van der Waals surface area contributed by atoms with Crippen molar-refractivity contribution in [1.29, 1.82) is 0 Å². The van der Waals surface area contributed by atoms with Crippen molar-refractivity contribution in [3.63, 3.8) is 0 Å². The van der Waals surface area contributed by atoms with Crippen molar-refractivity contribution >= 4 is 56.0 Å². The van der Waals surface area contributed by atoms with Gasteiger partial charge in [-0.2, -0.15) is 0 Å². The third kappa shape index (κ3) is 3.27. The molecule has 4 aliphatic rings. The summed E-state index contributed by atoms with van der Waals surface area (Å²) in [5.74, 6) is -1.08. The fraction of sp³-hybridized carbons (Fsp3) is 0.0526. The van der Waals surface area contributed by atoms with Gasteiger partial charge in [0, 0.05) is 0 Å². The van der Waals surface area contributed by atoms with Crippen molar-refractivity contribution in [3.8, 4) is 0 Å². The molecule has 5 aromatic carbocycles. The van der Waals surface area contributed by atoms with Gasteiger partial charge in [-0.1, -0.05) is 0 Å². The summed E-state index contributed by atoms with van der Waals surface area (Å²) in [6, 6.07) is 36.3. The van der Waals surface area contributed by atoms with Crippen LogP contribution in [-0.2, 0) is 5.41 Å². The van der Waals surface area contributed by atoms with Crippen LogP contribution in [0.2, 0.25) is 0 Å². The Balaban J connectivity index is 1.39. The quantitative estimate of drug-likeness (QED) is 0.173. The summed E-state index contributed by atoms with van der Waals surface area (Å²) < 4.78 is 32.5. The second-order valence-corrected chi connectivity index (χ2v) is 14.4. The Morgan fingerprint density at radius 2 is 1.30 bits per heavy atom. The van der Waals surface area contributed by atoms with E-state index in [-0.39, 0.29) is 17.4 Å². The molecule has 5 heteroatoms. The number of Topliss-reactive ketones (excluding diaryl/α,β-unsaturated/α-hetero) is 1. The first-order valence-corrected chi connectivity index (χ1v) is 16.6. The van der Waals surface area contributed by atoms with Gasteiger partial charge in [-0.05, 0) is 0 Å². The third-order valence-electron chi connectivity index (χ3n) is 9.15. The van der Waals surface area contributed by atoms with Crippen LogP contribution in [0.3, 0.4) is 0 Å². The van der Waals surface area contributed by atoms with Crippen molar-refractivity contribution in [2.75, 3.05) is 4.90 Å². The van der Waals surface area contributed by atoms with Crippen LogP contribution in [0, 0.1) is 17.6 Å². The van der Waals surface area contributed by atoms with Gasteiger partial charge in [-0.25, -0.2) is 0 Å². The van der Waals surface area contributed by atoms with Crippen LogP contribution in [0.4, 0.5) is 25.8 Å². The van der Waals surface area contributed by atoms with Crippen molar-refractivity contribution in [3.05, 3.63) is 172 Å². The zero-order chi connectivity index (χ0) is 28.9. The molecule has 2 nitrogen and oxygen atoms in total. The van der Waals surface area contributed by atoms with Crippen LogP contribution in [-0.4, -0.2) is 29.8 Å². The van der Waals surface area contributed by atoms with E-state index < -0.39 is 37.5 Å². The zero-order valence-electron chi connectivity index (χ0n) is 22.7. The molecule has 0 aromatic heterocycles. The number of carbonyl (C=O) groups is 1. The molecule has 43 heavy (non-hydrogen) atoms. The number of benzene rings is 5. The van der Waals surface area contributed by atoms with Crippen molar-refractivity contribution in [1.82, 2.24) is 0 Å². The number of allylic oxidation sites excluding steroid dienone is 4. The topological polar surface area (TPSA) is 20.3 Å². The van der Waals surface area contributed by atoms with Gasteiger partial charge in [-0.15, -0.1) is 0 Å². The summed E-state index contributed by atoms with van der Waals surface area (Å²) in [6.45, 7) is 0. The molecule has 5 aromatic rings. The number of fused-ring (bicyclic) bond motifs is 11. The van der Waals surface area contributed by atoms with E-state index in [4.69, 9.17) is 0 Å². The first kappa shape index (κ1) is 25.1. The molecular formula is C38H22F2NOTe. The molecule has 0 bridgehead atoms. The van der Waals surface area contributed by atoms with Gasteiger partial charge in [0.25, 0.3) is 0 Å². The molecule has 0 amide bonds. The van der Waals surface area contributed by atoms with E-state index in [0.717, 1.165) is 56.4 Å². The second kappa shape index (κ2) is 9.04. The van der Waals surface area contributed by atoms with E-state index in [9.17, 15) is 9.18 Å². The number of halogens is 2. The summed E-state index contributed by atoms with van der Waals surface area (Å²) in [7, 11) is 0. The number of anilines is 3.